The van der Waals surface area contributed by atoms with E-state index >= 15 is 0 Å². The normalized spacial score (nSPS) is 11.7. The van der Waals surface area contributed by atoms with E-state index in [-0.39, 0.29) is 34.3 Å². The monoisotopic (exact) mass is 892 g/mol. The van der Waals surface area contributed by atoms with Crippen LogP contribution in [0.15, 0.2) is 122 Å². The average molecular weight is 893 g/mol. The van der Waals surface area contributed by atoms with Crippen LogP contribution >= 0.6 is 11.6 Å². The lowest BCUT2D eigenvalue weighted by Crippen LogP contribution is -2.19. The zero-order valence-electron chi connectivity index (χ0n) is 30.0. The van der Waals surface area contributed by atoms with Crippen LogP contribution in [0.2, 0.25) is 0 Å². The molecule has 6 aromatic rings. The molecule has 0 radical (unpaired) electrons. The zero-order chi connectivity index (χ0) is 45.5. The standard InChI is InChI=1S/C20H11F7N2O.C12H8F4N2.C8H4ClF3O/c21-15-9-11(19(22,23)24)10-28-17(15)13-6-2-4-8-16(13)29-18(30)12-5-1-3-7-14(12)20(25,26)27;13-9-5-7(12(14,15)16)6-18-11(9)8-3-1-2-4-10(8)17;9-7(13)5-3-1-2-4-6(5)8(10,11)12/h1-10H,(H,29,30);1-6H,17H2;1-4H. The summed E-state index contributed by atoms with van der Waals surface area (Å²) in [7, 11) is 0. The van der Waals surface area contributed by atoms with E-state index in [4.69, 9.17) is 17.3 Å². The highest BCUT2D eigenvalue weighted by Crippen LogP contribution is 2.37. The van der Waals surface area contributed by atoms with Crippen molar-refractivity contribution in [3.05, 3.63) is 167 Å². The van der Waals surface area contributed by atoms with Crippen LogP contribution in [0, 0.1) is 11.6 Å². The topological polar surface area (TPSA) is 98.0 Å². The number of nitrogens with two attached hydrogens (primary N) is 1. The minimum atomic E-state index is -4.80. The van der Waals surface area contributed by atoms with Gasteiger partial charge in [0.25, 0.3) is 11.1 Å². The van der Waals surface area contributed by atoms with Gasteiger partial charge in [0.2, 0.25) is 0 Å². The number of anilines is 2. The van der Waals surface area contributed by atoms with E-state index in [0.29, 0.717) is 18.5 Å². The van der Waals surface area contributed by atoms with Crippen LogP contribution in [0.4, 0.5) is 72.8 Å². The molecule has 2 heterocycles. The van der Waals surface area contributed by atoms with Gasteiger partial charge in [-0.3, -0.25) is 19.6 Å². The summed E-state index contributed by atoms with van der Waals surface area (Å²) in [6.45, 7) is 0. The van der Waals surface area contributed by atoms with Gasteiger partial charge in [0, 0.05) is 34.8 Å². The first-order chi connectivity index (χ1) is 28.3. The molecule has 6 nitrogen and oxygen atoms in total. The molecule has 4 aromatic carbocycles. The highest BCUT2D eigenvalue weighted by atomic mass is 35.5. The number of alkyl halides is 12. The fraction of sp³-hybridized carbons (Fsp3) is 0.100. The summed E-state index contributed by atoms with van der Waals surface area (Å²) in [5.74, 6) is -3.48. The Hall–Kier alpha value is -6.57. The van der Waals surface area contributed by atoms with E-state index < -0.39 is 86.6 Å². The predicted molar refractivity (Wildman–Crippen MR) is 195 cm³/mol. The third-order valence-corrected chi connectivity index (χ3v) is 8.11. The number of amides is 1. The molecule has 1 amide bonds. The van der Waals surface area contributed by atoms with Gasteiger partial charge in [0.1, 0.15) is 23.0 Å². The second-order valence-electron chi connectivity index (χ2n) is 12.1. The van der Waals surface area contributed by atoms with Crippen molar-refractivity contribution in [2.45, 2.75) is 24.7 Å². The van der Waals surface area contributed by atoms with Crippen LogP contribution in [0.3, 0.4) is 0 Å². The van der Waals surface area contributed by atoms with Crippen molar-refractivity contribution in [2.75, 3.05) is 11.1 Å². The first-order valence-electron chi connectivity index (χ1n) is 16.5. The first-order valence-corrected chi connectivity index (χ1v) is 16.9. The molecule has 21 heteroatoms. The smallest absolute Gasteiger partial charge is 0.398 e. The Morgan fingerprint density at radius 2 is 0.918 bits per heavy atom. The Morgan fingerprint density at radius 1 is 0.525 bits per heavy atom. The number of rotatable bonds is 5. The van der Waals surface area contributed by atoms with Gasteiger partial charge in [0.05, 0.1) is 33.5 Å². The molecule has 0 unspecified atom stereocenters. The summed E-state index contributed by atoms with van der Waals surface area (Å²) in [5, 5.41) is 1.14. The number of pyridine rings is 2. The molecule has 0 aliphatic heterocycles. The molecule has 320 valence electrons. The van der Waals surface area contributed by atoms with Gasteiger partial charge in [-0.1, -0.05) is 60.7 Å². The summed E-state index contributed by atoms with van der Waals surface area (Å²) in [6.07, 6.45) is -17.7. The van der Waals surface area contributed by atoms with E-state index in [0.717, 1.165) is 30.3 Å². The van der Waals surface area contributed by atoms with Crippen LogP contribution in [0.25, 0.3) is 22.5 Å². The van der Waals surface area contributed by atoms with Crippen LogP contribution in [0.1, 0.15) is 43.0 Å². The van der Waals surface area contributed by atoms with E-state index in [9.17, 15) is 71.1 Å². The Bertz CT molecular complexity index is 2520. The Balaban J connectivity index is 0.000000223. The summed E-state index contributed by atoms with van der Waals surface area (Å²) in [5.41, 5.74) is -0.553. The largest absolute Gasteiger partial charge is 0.417 e. The molecule has 0 saturated carbocycles. The number of carbonyl (C=O) groups is 2. The third kappa shape index (κ3) is 12.2. The van der Waals surface area contributed by atoms with Gasteiger partial charge >= 0.3 is 24.7 Å². The number of halogens is 15. The number of para-hydroxylation sites is 2. The number of nitrogens with one attached hydrogen (secondary N) is 1. The molecule has 0 bridgehead atoms. The lowest BCUT2D eigenvalue weighted by atomic mass is 10.0. The van der Waals surface area contributed by atoms with Crippen LogP contribution < -0.4 is 11.1 Å². The van der Waals surface area contributed by atoms with Crippen molar-refractivity contribution in [3.8, 4) is 22.5 Å². The molecule has 0 aliphatic rings. The van der Waals surface area contributed by atoms with Gasteiger partial charge in [-0.25, -0.2) is 8.78 Å². The minimum Gasteiger partial charge on any atom is -0.398 e. The Kier molecular flexibility index (Phi) is 14.5. The van der Waals surface area contributed by atoms with Crippen molar-refractivity contribution in [3.63, 3.8) is 0 Å². The van der Waals surface area contributed by atoms with E-state index in [1.807, 2.05) is 0 Å². The van der Waals surface area contributed by atoms with Crippen molar-refractivity contribution in [2.24, 2.45) is 0 Å². The van der Waals surface area contributed by atoms with Crippen molar-refractivity contribution in [1.82, 2.24) is 9.97 Å². The second kappa shape index (κ2) is 18.8. The zero-order valence-corrected chi connectivity index (χ0v) is 30.8. The molecule has 0 spiro atoms. The summed E-state index contributed by atoms with van der Waals surface area (Å²) < 4.78 is 179. The average Bonchev–Trinajstić information content (AvgIpc) is 3.17. The Labute approximate surface area is 339 Å². The number of benzene rings is 4. The molecule has 0 saturated heterocycles. The molecule has 0 atom stereocenters. The third-order valence-electron chi connectivity index (χ3n) is 7.90. The number of hydrogen-bond acceptors (Lipinski definition) is 5. The quantitative estimate of drug-likeness (QED) is 0.102. The maximum atomic E-state index is 14.3. The minimum absolute atomic E-state index is 0.0958. The second-order valence-corrected chi connectivity index (χ2v) is 12.4. The van der Waals surface area contributed by atoms with Crippen molar-refractivity contribution >= 4 is 34.1 Å². The highest BCUT2D eigenvalue weighted by molar-refractivity contribution is 6.67. The molecule has 6 rings (SSSR count). The molecule has 3 N–H and O–H groups in total. The van der Waals surface area contributed by atoms with Gasteiger partial charge < -0.3 is 11.1 Å². The van der Waals surface area contributed by atoms with Gasteiger partial charge in [-0.15, -0.1) is 0 Å². The van der Waals surface area contributed by atoms with E-state index in [1.165, 1.54) is 54.6 Å². The maximum absolute atomic E-state index is 14.3. The summed E-state index contributed by atoms with van der Waals surface area (Å²) in [6, 6.07) is 20.7. The van der Waals surface area contributed by atoms with E-state index in [1.54, 1.807) is 12.1 Å². The lowest BCUT2D eigenvalue weighted by Gasteiger charge is -2.15. The van der Waals surface area contributed by atoms with E-state index in [2.05, 4.69) is 15.3 Å². The highest BCUT2D eigenvalue weighted by Gasteiger charge is 2.36. The van der Waals surface area contributed by atoms with Crippen LogP contribution in [-0.2, 0) is 24.7 Å². The number of hydrogen-bond donors (Lipinski definition) is 2. The molecule has 0 aliphatic carbocycles. The fourth-order valence-corrected chi connectivity index (χ4v) is 5.28. The Morgan fingerprint density at radius 3 is 1.34 bits per heavy atom. The van der Waals surface area contributed by atoms with Crippen LogP contribution in [-0.4, -0.2) is 21.1 Å². The van der Waals surface area contributed by atoms with Gasteiger partial charge in [-0.05, 0) is 60.1 Å². The first kappa shape index (κ1) is 47.1. The number of nitrogens with zero attached hydrogens (tertiary/aromatic N) is 2. The number of aromatic nitrogens is 2. The predicted octanol–water partition coefficient (Wildman–Crippen LogP) is 12.8. The molecular formula is C40H23ClF14N4O2. The van der Waals surface area contributed by atoms with Crippen molar-refractivity contribution in [1.29, 1.82) is 0 Å². The number of carbonyl (C=O) groups excluding carboxylic acids is 2. The summed E-state index contributed by atoms with van der Waals surface area (Å²) in [4.78, 5) is 30.0. The van der Waals surface area contributed by atoms with Gasteiger partial charge in [-0.2, -0.15) is 52.7 Å². The molecule has 0 fully saturated rings. The fourth-order valence-electron chi connectivity index (χ4n) is 5.11. The summed E-state index contributed by atoms with van der Waals surface area (Å²) >= 11 is 4.98. The lowest BCUT2D eigenvalue weighted by molar-refractivity contribution is -0.138. The molecular weight excluding hydrogens is 870 g/mol. The SMILES string of the molecule is Nc1ccccc1-c1ncc(C(F)(F)F)cc1F.O=C(Cl)c1ccccc1C(F)(F)F.O=C(Nc1ccccc1-c1ncc(C(F)(F)F)cc1F)c1ccccc1C(F)(F)F. The van der Waals surface area contributed by atoms with Crippen LogP contribution in [0.5, 0.6) is 0 Å². The van der Waals surface area contributed by atoms with Crippen molar-refractivity contribution < 1.29 is 71.1 Å². The molecule has 61 heavy (non-hydrogen) atoms. The maximum Gasteiger partial charge on any atom is 0.417 e. The van der Waals surface area contributed by atoms with Gasteiger partial charge in [0.15, 0.2) is 0 Å². The number of nitrogen functional groups attached to an aromatic ring is 1. The molecule has 2 aromatic heterocycles.